The average Bonchev–Trinajstić information content (AvgIpc) is 3.13. The van der Waals surface area contributed by atoms with Gasteiger partial charge in [-0.15, -0.1) is 0 Å². The third-order valence-corrected chi connectivity index (χ3v) is 6.11. The predicted octanol–water partition coefficient (Wildman–Crippen LogP) is 7.96. The average molecular weight is 376 g/mol. The molecule has 1 aromatic heterocycles. The van der Waals surface area contributed by atoms with E-state index in [-0.39, 0.29) is 0 Å². The monoisotopic (exact) mass is 375 g/mol. The summed E-state index contributed by atoms with van der Waals surface area (Å²) >= 11 is 0. The molecule has 1 heterocycles. The van der Waals surface area contributed by atoms with Gasteiger partial charge in [0, 0.05) is 16.5 Å². The molecule has 1 nitrogen and oxygen atoms in total. The van der Waals surface area contributed by atoms with E-state index in [1.165, 1.54) is 44.2 Å². The van der Waals surface area contributed by atoms with E-state index in [9.17, 15) is 0 Å². The smallest absolute Gasteiger partial charge is 0.0541 e. The van der Waals surface area contributed by atoms with Gasteiger partial charge in [-0.25, -0.2) is 0 Å². The van der Waals surface area contributed by atoms with Gasteiger partial charge >= 0.3 is 0 Å². The predicted molar refractivity (Wildman–Crippen MR) is 125 cm³/mol. The summed E-state index contributed by atoms with van der Waals surface area (Å²) in [4.78, 5) is 0. The summed E-state index contributed by atoms with van der Waals surface area (Å²) in [6, 6.07) is 35.2. The van der Waals surface area contributed by atoms with E-state index in [4.69, 9.17) is 0 Å². The molecule has 4 aromatic carbocycles. The van der Waals surface area contributed by atoms with E-state index < -0.39 is 0 Å². The van der Waals surface area contributed by atoms with Crippen molar-refractivity contribution in [3.8, 4) is 16.8 Å². The van der Waals surface area contributed by atoms with Gasteiger partial charge in [0.1, 0.15) is 0 Å². The van der Waals surface area contributed by atoms with Crippen LogP contribution in [0.4, 0.5) is 0 Å². The molecular formula is C28H25N. The quantitative estimate of drug-likeness (QED) is 0.300. The summed E-state index contributed by atoms with van der Waals surface area (Å²) in [5.41, 5.74) is 7.66. The Bertz CT molecular complexity index is 1240. The molecule has 29 heavy (non-hydrogen) atoms. The van der Waals surface area contributed by atoms with Gasteiger partial charge < -0.3 is 4.57 Å². The van der Waals surface area contributed by atoms with Gasteiger partial charge in [0.15, 0.2) is 0 Å². The molecule has 0 radical (unpaired) electrons. The van der Waals surface area contributed by atoms with E-state index in [2.05, 4.69) is 115 Å². The fraction of sp³-hybridized carbons (Fsp3) is 0.143. The maximum absolute atomic E-state index is 2.37. The van der Waals surface area contributed by atoms with Crippen molar-refractivity contribution < 1.29 is 0 Å². The molecule has 1 unspecified atom stereocenters. The normalized spacial score (nSPS) is 12.5. The Morgan fingerprint density at radius 1 is 0.655 bits per heavy atom. The number of hydrogen-bond acceptors (Lipinski definition) is 0. The minimum absolute atomic E-state index is 0.590. The highest BCUT2D eigenvalue weighted by Crippen LogP contribution is 2.33. The molecule has 1 heteroatoms. The van der Waals surface area contributed by atoms with Crippen LogP contribution in [0.5, 0.6) is 0 Å². The Morgan fingerprint density at radius 3 is 1.90 bits per heavy atom. The lowest BCUT2D eigenvalue weighted by Crippen LogP contribution is -1.94. The molecule has 0 saturated carbocycles. The van der Waals surface area contributed by atoms with Gasteiger partial charge in [-0.05, 0) is 53.3 Å². The lowest BCUT2D eigenvalue weighted by molar-refractivity contribution is 0.734. The van der Waals surface area contributed by atoms with Crippen molar-refractivity contribution in [1.82, 2.24) is 4.57 Å². The van der Waals surface area contributed by atoms with Crippen molar-refractivity contribution in [2.75, 3.05) is 0 Å². The molecule has 0 bridgehead atoms. The number of hydrogen-bond donors (Lipinski definition) is 0. The Kier molecular flexibility index (Phi) is 4.44. The van der Waals surface area contributed by atoms with Crippen LogP contribution < -0.4 is 0 Å². The number of benzene rings is 4. The van der Waals surface area contributed by atoms with Crippen molar-refractivity contribution >= 4 is 21.8 Å². The summed E-state index contributed by atoms with van der Waals surface area (Å²) < 4.78 is 2.37. The molecule has 5 aromatic rings. The van der Waals surface area contributed by atoms with Crippen molar-refractivity contribution in [3.63, 3.8) is 0 Å². The fourth-order valence-corrected chi connectivity index (χ4v) is 4.26. The first-order valence-corrected chi connectivity index (χ1v) is 10.4. The lowest BCUT2D eigenvalue weighted by Gasteiger charge is -2.12. The van der Waals surface area contributed by atoms with Crippen LogP contribution in [0, 0.1) is 0 Å². The first-order chi connectivity index (χ1) is 14.3. The molecular weight excluding hydrogens is 350 g/mol. The minimum atomic E-state index is 0.590. The van der Waals surface area contributed by atoms with E-state index in [0.29, 0.717) is 5.92 Å². The SMILES string of the molecule is CCC(C)c1cccc(-c2ccc(-n3c4ccccc4c4ccccc43)cc2)c1. The number of para-hydroxylation sites is 2. The van der Waals surface area contributed by atoms with Gasteiger partial charge in [0.05, 0.1) is 11.0 Å². The summed E-state index contributed by atoms with van der Waals surface area (Å²) in [7, 11) is 0. The first kappa shape index (κ1) is 17.8. The Morgan fingerprint density at radius 2 is 1.28 bits per heavy atom. The van der Waals surface area contributed by atoms with Gasteiger partial charge in [-0.3, -0.25) is 0 Å². The van der Waals surface area contributed by atoms with Crippen LogP contribution in [-0.4, -0.2) is 4.57 Å². The number of nitrogens with zero attached hydrogens (tertiary/aromatic N) is 1. The van der Waals surface area contributed by atoms with Crippen LogP contribution in [-0.2, 0) is 0 Å². The van der Waals surface area contributed by atoms with Crippen molar-refractivity contribution in [1.29, 1.82) is 0 Å². The van der Waals surface area contributed by atoms with Crippen molar-refractivity contribution in [2.24, 2.45) is 0 Å². The molecule has 0 N–H and O–H groups in total. The van der Waals surface area contributed by atoms with Crippen molar-refractivity contribution in [2.45, 2.75) is 26.2 Å². The van der Waals surface area contributed by atoms with Gasteiger partial charge in [-0.2, -0.15) is 0 Å². The standard InChI is InChI=1S/C28H25N/c1-3-20(2)22-9-8-10-23(19-22)21-15-17-24(18-16-21)29-27-13-6-4-11-25(27)26-12-5-7-14-28(26)29/h4-20H,3H2,1-2H3. The number of rotatable bonds is 4. The first-order valence-electron chi connectivity index (χ1n) is 10.4. The molecule has 0 amide bonds. The largest absolute Gasteiger partial charge is 0.309 e. The molecule has 0 saturated heterocycles. The van der Waals surface area contributed by atoms with Crippen LogP contribution in [0.3, 0.4) is 0 Å². The zero-order valence-corrected chi connectivity index (χ0v) is 17.0. The highest BCUT2D eigenvalue weighted by molar-refractivity contribution is 6.09. The van der Waals surface area contributed by atoms with Gasteiger partial charge in [0.2, 0.25) is 0 Å². The highest BCUT2D eigenvalue weighted by atomic mass is 15.0. The van der Waals surface area contributed by atoms with E-state index in [0.717, 1.165) is 6.42 Å². The third kappa shape index (κ3) is 3.03. The zero-order valence-electron chi connectivity index (χ0n) is 17.0. The van der Waals surface area contributed by atoms with Gasteiger partial charge in [-0.1, -0.05) is 86.6 Å². The second-order valence-electron chi connectivity index (χ2n) is 7.85. The molecule has 0 aliphatic rings. The molecule has 0 aliphatic carbocycles. The summed E-state index contributed by atoms with van der Waals surface area (Å²) in [6.45, 7) is 4.54. The fourth-order valence-electron chi connectivity index (χ4n) is 4.26. The maximum Gasteiger partial charge on any atom is 0.0541 e. The van der Waals surface area contributed by atoms with Crippen LogP contribution in [0.15, 0.2) is 97.1 Å². The van der Waals surface area contributed by atoms with Gasteiger partial charge in [0.25, 0.3) is 0 Å². The minimum Gasteiger partial charge on any atom is -0.309 e. The topological polar surface area (TPSA) is 4.93 Å². The Labute approximate surface area is 172 Å². The number of aromatic nitrogens is 1. The van der Waals surface area contributed by atoms with Crippen LogP contribution in [0.1, 0.15) is 31.7 Å². The van der Waals surface area contributed by atoms with Crippen molar-refractivity contribution in [3.05, 3.63) is 103 Å². The molecule has 0 spiro atoms. The summed E-state index contributed by atoms with van der Waals surface area (Å²) in [6.07, 6.45) is 1.16. The van der Waals surface area contributed by atoms with Crippen LogP contribution >= 0.6 is 0 Å². The highest BCUT2D eigenvalue weighted by Gasteiger charge is 2.11. The molecule has 1 atom stereocenters. The molecule has 5 rings (SSSR count). The van der Waals surface area contributed by atoms with E-state index >= 15 is 0 Å². The van der Waals surface area contributed by atoms with E-state index in [1.807, 2.05) is 0 Å². The zero-order chi connectivity index (χ0) is 19.8. The third-order valence-electron chi connectivity index (χ3n) is 6.11. The molecule has 0 fully saturated rings. The lowest BCUT2D eigenvalue weighted by atomic mass is 9.94. The van der Waals surface area contributed by atoms with Crippen LogP contribution in [0.25, 0.3) is 38.6 Å². The van der Waals surface area contributed by atoms with Crippen LogP contribution in [0.2, 0.25) is 0 Å². The Balaban J connectivity index is 1.61. The second kappa shape index (κ2) is 7.25. The van der Waals surface area contributed by atoms with E-state index in [1.54, 1.807) is 0 Å². The summed E-state index contributed by atoms with van der Waals surface area (Å²) in [5, 5.41) is 2.60. The molecule has 142 valence electrons. The second-order valence-corrected chi connectivity index (χ2v) is 7.85. The Hall–Kier alpha value is -3.32. The summed E-state index contributed by atoms with van der Waals surface area (Å²) in [5.74, 6) is 0.590. The maximum atomic E-state index is 2.37. The molecule has 0 aliphatic heterocycles. The number of fused-ring (bicyclic) bond motifs is 3.